The van der Waals surface area contributed by atoms with Gasteiger partial charge >= 0.3 is 0 Å². The lowest BCUT2D eigenvalue weighted by Gasteiger charge is -2.07. The number of benzene rings is 1. The Balaban J connectivity index is 1.20. The molecular weight excluding hydrogens is 442 g/mol. The highest BCUT2D eigenvalue weighted by Gasteiger charge is 2.55. The van der Waals surface area contributed by atoms with Crippen molar-refractivity contribution in [3.05, 3.63) is 75.2 Å². The molecule has 3 aromatic heterocycles. The molecule has 1 saturated carbocycles. The summed E-state index contributed by atoms with van der Waals surface area (Å²) in [5, 5.41) is 3.59. The van der Waals surface area contributed by atoms with Gasteiger partial charge in [-0.25, -0.2) is 18.7 Å². The molecule has 0 N–H and O–H groups in total. The second-order valence-electron chi connectivity index (χ2n) is 8.17. The van der Waals surface area contributed by atoms with Crippen molar-refractivity contribution in [1.82, 2.24) is 29.2 Å². The Bertz CT molecular complexity index is 1470. The highest BCUT2D eigenvalue weighted by molar-refractivity contribution is 6.30. The van der Waals surface area contributed by atoms with Crippen LogP contribution in [0.1, 0.15) is 29.6 Å². The molecule has 0 aliphatic heterocycles. The summed E-state index contributed by atoms with van der Waals surface area (Å²) >= 11 is 5.57. The maximum Gasteiger partial charge on any atom is 0.280 e. The van der Waals surface area contributed by atoms with Crippen LogP contribution in [0.15, 0.2) is 40.2 Å². The van der Waals surface area contributed by atoms with Gasteiger partial charge in [0.05, 0.1) is 6.33 Å². The Kier molecular flexibility index (Phi) is 4.10. The number of aryl methyl sites for hydroxylation is 1. The number of allylic oxidation sites excluding steroid dienone is 2. The lowest BCUT2D eigenvalue weighted by molar-refractivity contribution is 0.364. The van der Waals surface area contributed by atoms with Gasteiger partial charge in [0.25, 0.3) is 5.56 Å². The van der Waals surface area contributed by atoms with Crippen molar-refractivity contribution in [1.29, 1.82) is 0 Å². The fourth-order valence-electron chi connectivity index (χ4n) is 4.56. The number of imidazole rings is 1. The summed E-state index contributed by atoms with van der Waals surface area (Å²) in [6, 6.07) is 2.52. The first-order valence-corrected chi connectivity index (χ1v) is 10.3. The zero-order valence-electron chi connectivity index (χ0n) is 16.7. The van der Waals surface area contributed by atoms with Crippen LogP contribution in [-0.2, 0) is 13.6 Å². The van der Waals surface area contributed by atoms with E-state index in [1.807, 2.05) is 6.08 Å². The third kappa shape index (κ3) is 2.89. The number of nitrogens with zero attached hydrogens (tertiary/aromatic N) is 6. The summed E-state index contributed by atoms with van der Waals surface area (Å²) in [6.07, 6.45) is 5.62. The van der Waals surface area contributed by atoms with Gasteiger partial charge in [0.2, 0.25) is 5.89 Å². The molecule has 2 aliphatic rings. The Morgan fingerprint density at radius 2 is 1.97 bits per heavy atom. The summed E-state index contributed by atoms with van der Waals surface area (Å²) in [7, 11) is 1.73. The van der Waals surface area contributed by atoms with Crippen LogP contribution in [0.4, 0.5) is 8.78 Å². The average Bonchev–Trinajstić information content (AvgIpc) is 3.19. The number of aromatic nitrogens is 6. The molecule has 3 heterocycles. The molecule has 8 nitrogen and oxygen atoms in total. The molecule has 11 heteroatoms. The number of rotatable bonds is 4. The molecule has 2 aliphatic carbocycles. The van der Waals surface area contributed by atoms with Crippen LogP contribution in [0.3, 0.4) is 0 Å². The van der Waals surface area contributed by atoms with Gasteiger partial charge in [-0.15, -0.1) is 0 Å². The number of halogens is 3. The minimum atomic E-state index is -0.767. The van der Waals surface area contributed by atoms with Crippen molar-refractivity contribution in [2.75, 3.05) is 0 Å². The standard InChI is InChI=1S/C21H15ClF2N6O2/c1-29-7-25-20-18(29)21(31)30(8-26-20)6-15-27-19(28-32-15)16-11-2-9(3-12(11)16)10-4-13(23)17(22)14(24)5-10/h2,4-5,7-8,11-12,16H,3,6H2,1H3/t11-,12+,16+/m1/s1. The summed E-state index contributed by atoms with van der Waals surface area (Å²) in [5.41, 5.74) is 1.93. The van der Waals surface area contributed by atoms with Crippen molar-refractivity contribution < 1.29 is 13.3 Å². The first-order valence-electron chi connectivity index (χ1n) is 9.95. The van der Waals surface area contributed by atoms with E-state index in [1.54, 1.807) is 11.6 Å². The third-order valence-corrected chi connectivity index (χ3v) is 6.58. The molecule has 0 bridgehead atoms. The smallest absolute Gasteiger partial charge is 0.280 e. The molecule has 1 fully saturated rings. The lowest BCUT2D eigenvalue weighted by atomic mass is 10.0. The van der Waals surface area contributed by atoms with Crippen LogP contribution >= 0.6 is 11.6 Å². The maximum absolute atomic E-state index is 13.8. The third-order valence-electron chi connectivity index (χ3n) is 6.22. The number of hydrogen-bond donors (Lipinski definition) is 0. The topological polar surface area (TPSA) is 91.6 Å². The Morgan fingerprint density at radius 3 is 2.69 bits per heavy atom. The summed E-state index contributed by atoms with van der Waals surface area (Å²) in [6.45, 7) is 0.104. The van der Waals surface area contributed by atoms with E-state index in [4.69, 9.17) is 16.1 Å². The van der Waals surface area contributed by atoms with E-state index in [0.717, 1.165) is 5.57 Å². The minimum Gasteiger partial charge on any atom is -0.337 e. The van der Waals surface area contributed by atoms with Gasteiger partial charge in [-0.3, -0.25) is 9.36 Å². The fraction of sp³-hybridized carbons (Fsp3) is 0.286. The lowest BCUT2D eigenvalue weighted by Crippen LogP contribution is -2.22. The van der Waals surface area contributed by atoms with Gasteiger partial charge in [-0.1, -0.05) is 22.8 Å². The van der Waals surface area contributed by atoms with Crippen molar-refractivity contribution in [3.63, 3.8) is 0 Å². The molecule has 0 saturated heterocycles. The fourth-order valence-corrected chi connectivity index (χ4v) is 4.67. The van der Waals surface area contributed by atoms with Crippen LogP contribution in [-0.4, -0.2) is 29.2 Å². The molecule has 0 spiro atoms. The van der Waals surface area contributed by atoms with E-state index < -0.39 is 16.7 Å². The van der Waals surface area contributed by atoms with Gasteiger partial charge < -0.3 is 9.09 Å². The predicted octanol–water partition coefficient (Wildman–Crippen LogP) is 3.31. The largest absolute Gasteiger partial charge is 0.337 e. The van der Waals surface area contributed by atoms with Crippen LogP contribution in [0.2, 0.25) is 5.02 Å². The van der Waals surface area contributed by atoms with Crippen molar-refractivity contribution >= 4 is 28.3 Å². The van der Waals surface area contributed by atoms with Crippen LogP contribution in [0.5, 0.6) is 0 Å². The summed E-state index contributed by atoms with van der Waals surface area (Å²) < 4.78 is 35.9. The molecule has 162 valence electrons. The van der Waals surface area contributed by atoms with E-state index in [9.17, 15) is 13.6 Å². The monoisotopic (exact) mass is 456 g/mol. The second-order valence-corrected chi connectivity index (χ2v) is 8.55. The number of fused-ring (bicyclic) bond motifs is 2. The Hall–Kier alpha value is -3.40. The molecule has 0 amide bonds. The highest BCUT2D eigenvalue weighted by atomic mass is 35.5. The van der Waals surface area contributed by atoms with Crippen LogP contribution < -0.4 is 5.56 Å². The van der Waals surface area contributed by atoms with E-state index in [2.05, 4.69) is 20.1 Å². The minimum absolute atomic E-state index is 0.0904. The second kappa shape index (κ2) is 6.80. The van der Waals surface area contributed by atoms with Gasteiger partial charge in [-0.05, 0) is 41.5 Å². The van der Waals surface area contributed by atoms with E-state index in [1.165, 1.54) is 29.4 Å². The zero-order chi connectivity index (χ0) is 22.1. The normalized spacial score (nSPS) is 21.8. The molecule has 1 aromatic carbocycles. The molecule has 4 aromatic rings. The first-order chi connectivity index (χ1) is 15.4. The number of hydrogen-bond acceptors (Lipinski definition) is 6. The van der Waals surface area contributed by atoms with Gasteiger partial charge in [0.15, 0.2) is 17.0 Å². The van der Waals surface area contributed by atoms with Crippen LogP contribution in [0.25, 0.3) is 16.7 Å². The first kappa shape index (κ1) is 19.3. The maximum atomic E-state index is 13.8. The molecule has 0 radical (unpaired) electrons. The highest BCUT2D eigenvalue weighted by Crippen LogP contribution is 2.62. The van der Waals surface area contributed by atoms with Crippen LogP contribution in [0, 0.1) is 23.5 Å². The van der Waals surface area contributed by atoms with Crippen molar-refractivity contribution in [3.8, 4) is 0 Å². The Labute approximate surface area is 184 Å². The Morgan fingerprint density at radius 1 is 1.22 bits per heavy atom. The summed E-state index contributed by atoms with van der Waals surface area (Å²) in [4.78, 5) is 25.4. The predicted molar refractivity (Wildman–Crippen MR) is 110 cm³/mol. The zero-order valence-corrected chi connectivity index (χ0v) is 17.4. The molecule has 32 heavy (non-hydrogen) atoms. The SMILES string of the molecule is Cn1cnc2ncn(Cc3nc([C@H]4[C@@H]5C=C(c6cc(F)c(Cl)c(F)c6)C[C@@H]54)no3)c(=O)c21. The molecular formula is C21H15ClF2N6O2. The van der Waals surface area contributed by atoms with Crippen molar-refractivity contribution in [2.24, 2.45) is 18.9 Å². The quantitative estimate of drug-likeness (QED) is 0.437. The van der Waals surface area contributed by atoms with Gasteiger partial charge in [-0.2, -0.15) is 4.98 Å². The van der Waals surface area contributed by atoms with E-state index >= 15 is 0 Å². The average molecular weight is 457 g/mol. The van der Waals surface area contributed by atoms with E-state index in [-0.39, 0.29) is 29.9 Å². The molecule has 0 unspecified atom stereocenters. The van der Waals surface area contributed by atoms with Crippen molar-refractivity contribution in [2.45, 2.75) is 18.9 Å². The molecule has 3 atom stereocenters. The molecule has 6 rings (SSSR count). The van der Waals surface area contributed by atoms with E-state index in [0.29, 0.717) is 34.9 Å². The van der Waals surface area contributed by atoms with Gasteiger partial charge in [0, 0.05) is 13.0 Å². The van der Waals surface area contributed by atoms with Gasteiger partial charge in [0.1, 0.15) is 29.5 Å². The summed E-state index contributed by atoms with van der Waals surface area (Å²) in [5.74, 6) is -0.122.